The summed E-state index contributed by atoms with van der Waals surface area (Å²) < 4.78 is 1.80. The van der Waals surface area contributed by atoms with E-state index < -0.39 is 0 Å². The number of nitrogens with zero attached hydrogens (tertiary/aromatic N) is 4. The first-order chi connectivity index (χ1) is 8.29. The van der Waals surface area contributed by atoms with Gasteiger partial charge < -0.3 is 10.2 Å². The molecule has 17 heavy (non-hydrogen) atoms. The van der Waals surface area contributed by atoms with Crippen LogP contribution in [0.5, 0.6) is 0 Å². The third kappa shape index (κ3) is 1.62. The monoisotopic (exact) mass is 231 g/mol. The predicted octanol–water partition coefficient (Wildman–Crippen LogP) is 1.76. The largest absolute Gasteiger partial charge is 0.384 e. The number of anilines is 2. The van der Waals surface area contributed by atoms with Crippen molar-refractivity contribution in [1.82, 2.24) is 14.6 Å². The molecule has 2 aromatic heterocycles. The summed E-state index contributed by atoms with van der Waals surface area (Å²) in [6.45, 7) is 3.36. The van der Waals surface area contributed by atoms with Gasteiger partial charge in [-0.25, -0.2) is 9.50 Å². The molecule has 5 nitrogen and oxygen atoms in total. The number of hydrogen-bond donors (Lipinski definition) is 1. The molecule has 1 aliphatic rings. The summed E-state index contributed by atoms with van der Waals surface area (Å²) in [5.74, 6) is 1.06. The molecule has 5 heteroatoms. The van der Waals surface area contributed by atoms with E-state index in [0.29, 0.717) is 6.04 Å². The summed E-state index contributed by atoms with van der Waals surface area (Å²) in [5, 5.41) is 7.36. The summed E-state index contributed by atoms with van der Waals surface area (Å²) in [7, 11) is 1.89. The lowest BCUT2D eigenvalue weighted by molar-refractivity contribution is 0.726. The molecule has 90 valence electrons. The van der Waals surface area contributed by atoms with Crippen molar-refractivity contribution < 1.29 is 0 Å². The molecule has 1 atom stereocenters. The Hall–Kier alpha value is -1.78. The van der Waals surface area contributed by atoms with Gasteiger partial charge in [-0.05, 0) is 25.8 Å². The van der Waals surface area contributed by atoms with Crippen LogP contribution in [0.1, 0.15) is 19.8 Å². The van der Waals surface area contributed by atoms with E-state index in [1.54, 1.807) is 10.7 Å². The van der Waals surface area contributed by atoms with Gasteiger partial charge in [0.15, 0.2) is 5.65 Å². The Kier molecular flexibility index (Phi) is 2.39. The van der Waals surface area contributed by atoms with Crippen LogP contribution in [-0.4, -0.2) is 34.2 Å². The smallest absolute Gasteiger partial charge is 0.180 e. The van der Waals surface area contributed by atoms with Crippen LogP contribution in [0, 0.1) is 0 Å². The van der Waals surface area contributed by atoms with E-state index in [1.165, 1.54) is 12.8 Å². The van der Waals surface area contributed by atoms with Gasteiger partial charge in [-0.1, -0.05) is 0 Å². The zero-order valence-corrected chi connectivity index (χ0v) is 10.2. The first-order valence-corrected chi connectivity index (χ1v) is 6.08. The Morgan fingerprint density at radius 3 is 3.06 bits per heavy atom. The minimum Gasteiger partial charge on any atom is -0.384 e. The quantitative estimate of drug-likeness (QED) is 0.855. The van der Waals surface area contributed by atoms with Gasteiger partial charge in [0.2, 0.25) is 0 Å². The number of fused-ring (bicyclic) bond motifs is 1. The lowest BCUT2D eigenvalue weighted by Gasteiger charge is -2.22. The lowest BCUT2D eigenvalue weighted by atomic mass is 10.2. The van der Waals surface area contributed by atoms with Gasteiger partial charge in [0.1, 0.15) is 5.82 Å². The average molecular weight is 231 g/mol. The van der Waals surface area contributed by atoms with Gasteiger partial charge in [0.25, 0.3) is 0 Å². The molecule has 3 rings (SSSR count). The van der Waals surface area contributed by atoms with Crippen molar-refractivity contribution >= 4 is 17.2 Å². The van der Waals surface area contributed by atoms with Gasteiger partial charge in [-0.3, -0.25) is 0 Å². The Labute approximate surface area is 100 Å². The zero-order chi connectivity index (χ0) is 11.8. The normalized spacial score (nSPS) is 20.1. The van der Waals surface area contributed by atoms with Gasteiger partial charge in [0, 0.05) is 25.8 Å². The van der Waals surface area contributed by atoms with Crippen LogP contribution in [0.3, 0.4) is 0 Å². The molecular weight excluding hydrogens is 214 g/mol. The molecule has 1 N–H and O–H groups in total. The fraction of sp³-hybridized carbons (Fsp3) is 0.500. The summed E-state index contributed by atoms with van der Waals surface area (Å²) in [6.07, 6.45) is 6.29. The predicted molar refractivity (Wildman–Crippen MR) is 68.6 cm³/mol. The molecule has 1 aliphatic heterocycles. The highest BCUT2D eigenvalue weighted by molar-refractivity contribution is 5.68. The van der Waals surface area contributed by atoms with Crippen LogP contribution in [0.4, 0.5) is 11.5 Å². The van der Waals surface area contributed by atoms with Crippen molar-refractivity contribution in [3.05, 3.63) is 18.5 Å². The van der Waals surface area contributed by atoms with E-state index in [0.717, 1.165) is 23.7 Å². The fourth-order valence-corrected chi connectivity index (χ4v) is 2.47. The molecule has 0 bridgehead atoms. The highest BCUT2D eigenvalue weighted by Gasteiger charge is 2.22. The van der Waals surface area contributed by atoms with Crippen LogP contribution in [0.25, 0.3) is 5.65 Å². The molecule has 0 amide bonds. The van der Waals surface area contributed by atoms with E-state index in [1.807, 2.05) is 19.3 Å². The van der Waals surface area contributed by atoms with Crippen LogP contribution >= 0.6 is 0 Å². The molecule has 1 saturated heterocycles. The first-order valence-electron chi connectivity index (χ1n) is 6.08. The van der Waals surface area contributed by atoms with E-state index >= 15 is 0 Å². The Bertz CT molecular complexity index is 533. The van der Waals surface area contributed by atoms with Crippen molar-refractivity contribution in [3.63, 3.8) is 0 Å². The van der Waals surface area contributed by atoms with E-state index in [2.05, 4.69) is 22.2 Å². The summed E-state index contributed by atoms with van der Waals surface area (Å²) in [4.78, 5) is 7.07. The maximum Gasteiger partial charge on any atom is 0.180 e. The van der Waals surface area contributed by atoms with Crippen molar-refractivity contribution in [3.8, 4) is 0 Å². The first kappa shape index (κ1) is 10.4. The van der Waals surface area contributed by atoms with Gasteiger partial charge >= 0.3 is 0 Å². The standard InChI is InChI=1S/C12H17N5/c1-9-4-3-6-16(9)11-5-7-17-12(15-11)10(13-2)8-14-17/h5,7-9,13H,3-4,6H2,1-2H3. The molecule has 0 radical (unpaired) electrons. The third-order valence-electron chi connectivity index (χ3n) is 3.47. The Morgan fingerprint density at radius 2 is 2.35 bits per heavy atom. The maximum absolute atomic E-state index is 4.70. The molecule has 1 unspecified atom stereocenters. The van der Waals surface area contributed by atoms with Crippen molar-refractivity contribution in [2.45, 2.75) is 25.8 Å². The zero-order valence-electron chi connectivity index (χ0n) is 10.2. The molecule has 1 fully saturated rings. The second-order valence-electron chi connectivity index (χ2n) is 4.55. The molecule has 2 aromatic rings. The van der Waals surface area contributed by atoms with Crippen molar-refractivity contribution in [2.75, 3.05) is 23.8 Å². The van der Waals surface area contributed by atoms with Crippen LogP contribution < -0.4 is 10.2 Å². The summed E-state index contributed by atoms with van der Waals surface area (Å²) in [6, 6.07) is 2.63. The van der Waals surface area contributed by atoms with E-state index in [4.69, 9.17) is 4.98 Å². The number of nitrogens with one attached hydrogen (secondary N) is 1. The number of aromatic nitrogens is 3. The van der Waals surface area contributed by atoms with Gasteiger partial charge in [-0.15, -0.1) is 0 Å². The highest BCUT2D eigenvalue weighted by Crippen LogP contribution is 2.25. The van der Waals surface area contributed by atoms with Crippen LogP contribution in [0.15, 0.2) is 18.5 Å². The van der Waals surface area contributed by atoms with Gasteiger partial charge in [0.05, 0.1) is 11.9 Å². The average Bonchev–Trinajstić information content (AvgIpc) is 2.93. The Morgan fingerprint density at radius 1 is 1.47 bits per heavy atom. The summed E-state index contributed by atoms with van der Waals surface area (Å²) in [5.41, 5.74) is 1.86. The topological polar surface area (TPSA) is 45.5 Å². The molecule has 3 heterocycles. The Balaban J connectivity index is 2.05. The van der Waals surface area contributed by atoms with Crippen LogP contribution in [0.2, 0.25) is 0 Å². The highest BCUT2D eigenvalue weighted by atomic mass is 15.3. The van der Waals surface area contributed by atoms with E-state index in [-0.39, 0.29) is 0 Å². The second-order valence-corrected chi connectivity index (χ2v) is 4.55. The van der Waals surface area contributed by atoms with Gasteiger partial charge in [-0.2, -0.15) is 5.10 Å². The number of hydrogen-bond acceptors (Lipinski definition) is 4. The minimum absolute atomic E-state index is 0.589. The molecule has 0 aliphatic carbocycles. The minimum atomic E-state index is 0.589. The third-order valence-corrected chi connectivity index (χ3v) is 3.47. The SMILES string of the molecule is CNc1cnn2ccc(N3CCCC3C)nc12. The molecule has 0 saturated carbocycles. The van der Waals surface area contributed by atoms with Crippen LogP contribution in [-0.2, 0) is 0 Å². The molecule has 0 aromatic carbocycles. The second kappa shape index (κ2) is 3.91. The van der Waals surface area contributed by atoms with E-state index in [9.17, 15) is 0 Å². The van der Waals surface area contributed by atoms with Crippen molar-refractivity contribution in [1.29, 1.82) is 0 Å². The number of rotatable bonds is 2. The maximum atomic E-state index is 4.70. The fourth-order valence-electron chi connectivity index (χ4n) is 2.47. The van der Waals surface area contributed by atoms with Crippen molar-refractivity contribution in [2.24, 2.45) is 0 Å². The molecule has 0 spiro atoms. The lowest BCUT2D eigenvalue weighted by Crippen LogP contribution is -2.27. The molecular formula is C12H17N5. The summed E-state index contributed by atoms with van der Waals surface area (Å²) >= 11 is 0.